The van der Waals surface area contributed by atoms with Gasteiger partial charge in [0.05, 0.1) is 5.41 Å². The van der Waals surface area contributed by atoms with Crippen LogP contribution >= 0.6 is 0 Å². The van der Waals surface area contributed by atoms with E-state index in [1.54, 1.807) is 0 Å². The summed E-state index contributed by atoms with van der Waals surface area (Å²) in [5.41, 5.74) is -1.02. The Morgan fingerprint density at radius 2 is 1.70 bits per heavy atom. The predicted octanol–water partition coefficient (Wildman–Crippen LogP) is 2.96. The summed E-state index contributed by atoms with van der Waals surface area (Å²) in [7, 11) is 0. The van der Waals surface area contributed by atoms with Crippen LogP contribution in [0.4, 0.5) is 0 Å². The Balaban J connectivity index is 1.96. The lowest BCUT2D eigenvalue weighted by molar-refractivity contribution is -0.151. The summed E-state index contributed by atoms with van der Waals surface area (Å²) in [4.78, 5) is 24.0. The minimum atomic E-state index is -0.749. The van der Waals surface area contributed by atoms with Gasteiger partial charge >= 0.3 is 5.97 Å². The predicted molar refractivity (Wildman–Crippen MR) is 77.3 cm³/mol. The molecule has 0 unspecified atom stereocenters. The first kappa shape index (κ1) is 15.3. The third-order valence-electron chi connectivity index (χ3n) is 5.53. The molecule has 0 aromatic heterocycles. The molecule has 0 aromatic carbocycles. The van der Waals surface area contributed by atoms with E-state index in [0.717, 1.165) is 38.5 Å². The molecule has 0 aromatic rings. The highest BCUT2D eigenvalue weighted by molar-refractivity contribution is 5.83. The number of nitrogens with one attached hydrogen (secondary N) is 1. The molecule has 1 amide bonds. The highest BCUT2D eigenvalue weighted by Gasteiger charge is 2.43. The second-order valence-electron chi connectivity index (χ2n) is 7.22. The van der Waals surface area contributed by atoms with Gasteiger partial charge in [-0.1, -0.05) is 26.7 Å². The second-order valence-corrected chi connectivity index (χ2v) is 7.22. The second kappa shape index (κ2) is 5.74. The first-order chi connectivity index (χ1) is 9.38. The minimum absolute atomic E-state index is 0.0502. The summed E-state index contributed by atoms with van der Waals surface area (Å²) in [6.07, 6.45) is 7.31. The smallest absolute Gasteiger partial charge is 0.311 e. The molecule has 0 radical (unpaired) electrons. The van der Waals surface area contributed by atoms with Crippen molar-refractivity contribution >= 4 is 11.9 Å². The van der Waals surface area contributed by atoms with Gasteiger partial charge in [-0.15, -0.1) is 0 Å². The first-order valence-corrected chi connectivity index (χ1v) is 7.90. The van der Waals surface area contributed by atoms with Gasteiger partial charge in [0, 0.05) is 12.0 Å². The number of rotatable bonds is 4. The number of aliphatic carboxylic acids is 1. The summed E-state index contributed by atoms with van der Waals surface area (Å²) >= 11 is 0. The highest BCUT2D eigenvalue weighted by atomic mass is 16.4. The van der Waals surface area contributed by atoms with Gasteiger partial charge in [0.2, 0.25) is 5.91 Å². The van der Waals surface area contributed by atoms with Crippen molar-refractivity contribution in [3.05, 3.63) is 0 Å². The molecule has 2 aliphatic rings. The van der Waals surface area contributed by atoms with Crippen LogP contribution in [-0.2, 0) is 9.59 Å². The Bertz CT molecular complexity index is 377. The normalized spacial score (nSPS) is 32.8. The maximum atomic E-state index is 12.3. The van der Waals surface area contributed by atoms with Crippen molar-refractivity contribution in [2.45, 2.75) is 65.2 Å². The fraction of sp³-hybridized carbons (Fsp3) is 0.875. The van der Waals surface area contributed by atoms with E-state index in [1.807, 2.05) is 6.92 Å². The summed E-state index contributed by atoms with van der Waals surface area (Å²) in [6.45, 7) is 4.47. The summed E-state index contributed by atoms with van der Waals surface area (Å²) in [5, 5.41) is 12.5. The fourth-order valence-electron chi connectivity index (χ4n) is 3.63. The molecule has 4 heteroatoms. The van der Waals surface area contributed by atoms with Crippen molar-refractivity contribution in [3.63, 3.8) is 0 Å². The van der Waals surface area contributed by atoms with E-state index < -0.39 is 11.4 Å². The summed E-state index contributed by atoms with van der Waals surface area (Å²) < 4.78 is 0. The number of carboxylic acids is 1. The van der Waals surface area contributed by atoms with Crippen LogP contribution in [0.1, 0.15) is 65.2 Å². The average Bonchev–Trinajstić information content (AvgIpc) is 2.86. The van der Waals surface area contributed by atoms with Gasteiger partial charge in [0.1, 0.15) is 0 Å². The van der Waals surface area contributed by atoms with Gasteiger partial charge in [-0.3, -0.25) is 9.59 Å². The van der Waals surface area contributed by atoms with Crippen LogP contribution in [0.2, 0.25) is 0 Å². The third-order valence-corrected chi connectivity index (χ3v) is 5.53. The van der Waals surface area contributed by atoms with Crippen LogP contribution in [0, 0.1) is 16.7 Å². The van der Waals surface area contributed by atoms with Crippen LogP contribution in [0.25, 0.3) is 0 Å². The number of carboxylic acid groups (broad SMARTS) is 1. The van der Waals surface area contributed by atoms with E-state index in [2.05, 4.69) is 12.2 Å². The molecule has 0 atom stereocenters. The van der Waals surface area contributed by atoms with Gasteiger partial charge in [0.25, 0.3) is 0 Å². The molecular formula is C16H27NO3. The van der Waals surface area contributed by atoms with Crippen LogP contribution in [-0.4, -0.2) is 23.5 Å². The molecule has 0 aliphatic heterocycles. The average molecular weight is 281 g/mol. The van der Waals surface area contributed by atoms with Crippen molar-refractivity contribution in [2.75, 3.05) is 6.54 Å². The Morgan fingerprint density at radius 3 is 2.20 bits per heavy atom. The van der Waals surface area contributed by atoms with Crippen molar-refractivity contribution in [2.24, 2.45) is 16.7 Å². The van der Waals surface area contributed by atoms with E-state index >= 15 is 0 Å². The number of hydrogen-bond acceptors (Lipinski definition) is 2. The topological polar surface area (TPSA) is 66.4 Å². The lowest BCUT2D eigenvalue weighted by Gasteiger charge is -2.36. The first-order valence-electron chi connectivity index (χ1n) is 7.90. The molecule has 2 rings (SSSR count). The van der Waals surface area contributed by atoms with E-state index in [1.165, 1.54) is 0 Å². The maximum absolute atomic E-state index is 12.3. The molecule has 0 saturated heterocycles. The SMILES string of the molecule is CC1CCC(CNC(=O)C2(C)CCCC2)(C(=O)O)CC1. The van der Waals surface area contributed by atoms with E-state index in [0.29, 0.717) is 25.3 Å². The molecule has 0 spiro atoms. The van der Waals surface area contributed by atoms with Gasteiger partial charge < -0.3 is 10.4 Å². The van der Waals surface area contributed by atoms with Gasteiger partial charge in [-0.2, -0.15) is 0 Å². The quantitative estimate of drug-likeness (QED) is 0.832. The highest BCUT2D eigenvalue weighted by Crippen LogP contribution is 2.40. The largest absolute Gasteiger partial charge is 0.481 e. The van der Waals surface area contributed by atoms with Crippen LogP contribution < -0.4 is 5.32 Å². The zero-order valence-electron chi connectivity index (χ0n) is 12.7. The molecule has 2 fully saturated rings. The Morgan fingerprint density at radius 1 is 1.15 bits per heavy atom. The van der Waals surface area contributed by atoms with Gasteiger partial charge in [-0.25, -0.2) is 0 Å². The summed E-state index contributed by atoms with van der Waals surface area (Å²) in [6, 6.07) is 0. The number of amides is 1. The molecule has 114 valence electrons. The molecule has 2 N–H and O–H groups in total. The molecule has 2 saturated carbocycles. The lowest BCUT2D eigenvalue weighted by atomic mass is 9.70. The molecule has 20 heavy (non-hydrogen) atoms. The van der Waals surface area contributed by atoms with Crippen molar-refractivity contribution in [3.8, 4) is 0 Å². The molecule has 4 nitrogen and oxygen atoms in total. The zero-order valence-corrected chi connectivity index (χ0v) is 12.7. The van der Waals surface area contributed by atoms with Crippen molar-refractivity contribution in [1.82, 2.24) is 5.32 Å². The van der Waals surface area contributed by atoms with Crippen molar-refractivity contribution < 1.29 is 14.7 Å². The monoisotopic (exact) mass is 281 g/mol. The van der Waals surface area contributed by atoms with Crippen LogP contribution in [0.3, 0.4) is 0 Å². The standard InChI is InChI=1S/C16H27NO3/c1-12-5-9-16(10-6-12,14(19)20)11-17-13(18)15(2)7-3-4-8-15/h12H,3-11H2,1-2H3,(H,17,18)(H,19,20). The minimum Gasteiger partial charge on any atom is -0.481 e. The van der Waals surface area contributed by atoms with Crippen LogP contribution in [0.15, 0.2) is 0 Å². The van der Waals surface area contributed by atoms with E-state index in [4.69, 9.17) is 0 Å². The Hall–Kier alpha value is -1.06. The Labute approximate surface area is 121 Å². The molecule has 2 aliphatic carbocycles. The third kappa shape index (κ3) is 2.99. The van der Waals surface area contributed by atoms with E-state index in [-0.39, 0.29) is 11.3 Å². The van der Waals surface area contributed by atoms with Gasteiger partial charge in [-0.05, 0) is 44.4 Å². The number of hydrogen-bond donors (Lipinski definition) is 2. The van der Waals surface area contributed by atoms with Crippen molar-refractivity contribution in [1.29, 1.82) is 0 Å². The fourth-order valence-corrected chi connectivity index (χ4v) is 3.63. The van der Waals surface area contributed by atoms with E-state index in [9.17, 15) is 14.7 Å². The number of carbonyl (C=O) groups is 2. The maximum Gasteiger partial charge on any atom is 0.311 e. The molecule has 0 heterocycles. The van der Waals surface area contributed by atoms with Gasteiger partial charge in [0.15, 0.2) is 0 Å². The number of carbonyl (C=O) groups excluding carboxylic acids is 1. The molecule has 0 bridgehead atoms. The Kier molecular flexibility index (Phi) is 4.40. The summed E-state index contributed by atoms with van der Waals surface area (Å²) in [5.74, 6) is -0.0963. The lowest BCUT2D eigenvalue weighted by Crippen LogP contribution is -2.48. The zero-order chi connectivity index (χ0) is 14.8. The van der Waals surface area contributed by atoms with Crippen LogP contribution in [0.5, 0.6) is 0 Å². The molecular weight excluding hydrogens is 254 g/mol.